The molecule has 2 aromatic carbocycles. The number of H-pyrrole nitrogens is 1. The van der Waals surface area contributed by atoms with Crippen molar-refractivity contribution in [2.75, 3.05) is 6.54 Å². The lowest BCUT2D eigenvalue weighted by Crippen LogP contribution is -2.41. The Morgan fingerprint density at radius 3 is 2.93 bits per heavy atom. The quantitative estimate of drug-likeness (QED) is 0.550. The number of aromatic nitrogens is 2. The van der Waals surface area contributed by atoms with Crippen molar-refractivity contribution in [1.29, 1.82) is 0 Å². The number of nitrogens with zero attached hydrogens (tertiary/aromatic N) is 2. The first-order valence-electron chi connectivity index (χ1n) is 10.1. The molecule has 29 heavy (non-hydrogen) atoms. The zero-order valence-electron chi connectivity index (χ0n) is 16.6. The van der Waals surface area contributed by atoms with Gasteiger partial charge in [-0.15, -0.1) is 0 Å². The molecular formula is C24H23N3O2. The summed E-state index contributed by atoms with van der Waals surface area (Å²) in [7, 11) is 0. The molecular weight excluding hydrogens is 362 g/mol. The van der Waals surface area contributed by atoms with E-state index in [1.807, 2.05) is 17.9 Å². The number of hydrogen-bond acceptors (Lipinski definition) is 3. The molecule has 4 aromatic rings. The van der Waals surface area contributed by atoms with Gasteiger partial charge in [-0.2, -0.15) is 0 Å². The largest absolute Gasteiger partial charge is 0.448 e. The van der Waals surface area contributed by atoms with Crippen LogP contribution < -0.4 is 0 Å². The molecule has 1 unspecified atom stereocenters. The summed E-state index contributed by atoms with van der Waals surface area (Å²) in [4.78, 5) is 23.3. The summed E-state index contributed by atoms with van der Waals surface area (Å²) >= 11 is 0. The Morgan fingerprint density at radius 1 is 1.24 bits per heavy atom. The lowest BCUT2D eigenvalue weighted by Gasteiger charge is -2.36. The minimum absolute atomic E-state index is 0.0774. The molecule has 0 bridgehead atoms. The van der Waals surface area contributed by atoms with Crippen LogP contribution in [-0.4, -0.2) is 27.3 Å². The molecule has 1 aliphatic rings. The summed E-state index contributed by atoms with van der Waals surface area (Å²) in [5, 5.41) is 1.24. The van der Waals surface area contributed by atoms with E-state index >= 15 is 0 Å². The highest BCUT2D eigenvalue weighted by Gasteiger charge is 2.36. The monoisotopic (exact) mass is 385 g/mol. The van der Waals surface area contributed by atoms with Gasteiger partial charge in [-0.3, -0.25) is 4.79 Å². The van der Waals surface area contributed by atoms with Gasteiger partial charge in [0.2, 0.25) is 0 Å². The van der Waals surface area contributed by atoms with E-state index in [2.05, 4.69) is 59.4 Å². The van der Waals surface area contributed by atoms with Crippen LogP contribution in [0.15, 0.2) is 59.3 Å². The molecule has 0 fully saturated rings. The second-order valence-corrected chi connectivity index (χ2v) is 7.61. The second-order valence-electron chi connectivity index (χ2n) is 7.61. The average molecular weight is 385 g/mol. The highest BCUT2D eigenvalue weighted by molar-refractivity contribution is 5.94. The average Bonchev–Trinajstić information content (AvgIpc) is 3.36. The van der Waals surface area contributed by atoms with E-state index in [1.54, 1.807) is 0 Å². The minimum atomic E-state index is -0.181. The third-order valence-corrected chi connectivity index (χ3v) is 5.82. The zero-order chi connectivity index (χ0) is 20.0. The summed E-state index contributed by atoms with van der Waals surface area (Å²) in [6.07, 6.45) is 2.82. The molecule has 0 saturated carbocycles. The number of carbonyl (C=O) groups is 1. The van der Waals surface area contributed by atoms with Crippen molar-refractivity contribution in [3.05, 3.63) is 88.8 Å². The Morgan fingerprint density at radius 2 is 2.10 bits per heavy atom. The number of nitrogens with one attached hydrogen (secondary N) is 1. The Kier molecular flexibility index (Phi) is 4.23. The topological polar surface area (TPSA) is 62.1 Å². The SMILES string of the molecule is CCc1ocnc1C(=O)N1CCc2c([nH]c3ccccc23)C1c1cccc(C)c1. The number of amides is 1. The molecule has 5 rings (SSSR count). The van der Waals surface area contributed by atoms with Crippen molar-refractivity contribution in [3.63, 3.8) is 0 Å². The number of para-hydroxylation sites is 1. The van der Waals surface area contributed by atoms with Gasteiger partial charge in [-0.25, -0.2) is 4.98 Å². The fourth-order valence-electron chi connectivity index (χ4n) is 4.48. The van der Waals surface area contributed by atoms with Crippen molar-refractivity contribution in [3.8, 4) is 0 Å². The van der Waals surface area contributed by atoms with Crippen LogP contribution in [0.25, 0.3) is 10.9 Å². The standard InChI is InChI=1S/C24H23N3O2/c1-3-20-22(25-14-29-20)24(28)27-12-11-18-17-9-4-5-10-19(17)26-21(18)23(27)16-8-6-7-15(2)13-16/h4-10,13-14,23,26H,3,11-12H2,1-2H3. The van der Waals surface area contributed by atoms with Gasteiger partial charge in [-0.05, 0) is 30.5 Å². The maximum absolute atomic E-state index is 13.5. The normalized spacial score (nSPS) is 16.2. The van der Waals surface area contributed by atoms with Crippen LogP contribution in [0.3, 0.4) is 0 Å². The second kappa shape index (κ2) is 6.92. The van der Waals surface area contributed by atoms with E-state index in [9.17, 15) is 4.79 Å². The van der Waals surface area contributed by atoms with Crippen molar-refractivity contribution >= 4 is 16.8 Å². The Hall–Kier alpha value is -3.34. The lowest BCUT2D eigenvalue weighted by molar-refractivity contribution is 0.0684. The molecule has 3 heterocycles. The molecule has 0 aliphatic carbocycles. The van der Waals surface area contributed by atoms with Gasteiger partial charge in [0.25, 0.3) is 5.91 Å². The first-order chi connectivity index (χ1) is 14.2. The molecule has 146 valence electrons. The van der Waals surface area contributed by atoms with Crippen LogP contribution in [0.5, 0.6) is 0 Å². The van der Waals surface area contributed by atoms with Crippen LogP contribution in [-0.2, 0) is 12.8 Å². The highest BCUT2D eigenvalue weighted by Crippen LogP contribution is 2.39. The van der Waals surface area contributed by atoms with E-state index < -0.39 is 0 Å². The van der Waals surface area contributed by atoms with Gasteiger partial charge in [0.15, 0.2) is 12.1 Å². The maximum Gasteiger partial charge on any atom is 0.276 e. The molecule has 1 aliphatic heterocycles. The number of benzene rings is 2. The summed E-state index contributed by atoms with van der Waals surface area (Å²) in [5.41, 5.74) is 6.20. The number of fused-ring (bicyclic) bond motifs is 3. The van der Waals surface area contributed by atoms with Gasteiger partial charge in [-0.1, -0.05) is 55.0 Å². The van der Waals surface area contributed by atoms with E-state index in [-0.39, 0.29) is 11.9 Å². The number of rotatable bonds is 3. The summed E-state index contributed by atoms with van der Waals surface area (Å²) in [6.45, 7) is 4.70. The van der Waals surface area contributed by atoms with Crippen LogP contribution >= 0.6 is 0 Å². The highest BCUT2D eigenvalue weighted by atomic mass is 16.3. The number of carbonyl (C=O) groups excluding carboxylic acids is 1. The van der Waals surface area contributed by atoms with E-state index in [0.29, 0.717) is 24.4 Å². The fourth-order valence-corrected chi connectivity index (χ4v) is 4.48. The van der Waals surface area contributed by atoms with Gasteiger partial charge >= 0.3 is 0 Å². The number of hydrogen-bond donors (Lipinski definition) is 1. The predicted molar refractivity (Wildman–Crippen MR) is 112 cm³/mol. The van der Waals surface area contributed by atoms with Gasteiger partial charge in [0, 0.05) is 29.6 Å². The molecule has 0 saturated heterocycles. The third-order valence-electron chi connectivity index (χ3n) is 5.82. The summed E-state index contributed by atoms with van der Waals surface area (Å²) in [6, 6.07) is 16.6. The van der Waals surface area contributed by atoms with Crippen LogP contribution in [0.4, 0.5) is 0 Å². The van der Waals surface area contributed by atoms with Crippen LogP contribution in [0.2, 0.25) is 0 Å². The summed E-state index contributed by atoms with van der Waals surface area (Å²) in [5.74, 6) is 0.562. The maximum atomic E-state index is 13.5. The smallest absolute Gasteiger partial charge is 0.276 e. The molecule has 0 radical (unpaired) electrons. The minimum Gasteiger partial charge on any atom is -0.448 e. The Labute approximate surface area is 169 Å². The number of aromatic amines is 1. The van der Waals surface area contributed by atoms with E-state index in [4.69, 9.17) is 4.42 Å². The van der Waals surface area contributed by atoms with Crippen molar-refractivity contribution < 1.29 is 9.21 Å². The number of oxazole rings is 1. The van der Waals surface area contributed by atoms with Gasteiger partial charge < -0.3 is 14.3 Å². The van der Waals surface area contributed by atoms with Gasteiger partial charge in [0.1, 0.15) is 5.76 Å². The predicted octanol–water partition coefficient (Wildman–Crippen LogP) is 4.81. The van der Waals surface area contributed by atoms with Gasteiger partial charge in [0.05, 0.1) is 6.04 Å². The lowest BCUT2D eigenvalue weighted by atomic mass is 9.91. The van der Waals surface area contributed by atoms with Crippen LogP contribution in [0, 0.1) is 6.92 Å². The molecule has 5 nitrogen and oxygen atoms in total. The first-order valence-corrected chi connectivity index (χ1v) is 10.1. The van der Waals surface area contributed by atoms with Crippen molar-refractivity contribution in [1.82, 2.24) is 14.9 Å². The van der Waals surface area contributed by atoms with E-state index in [0.717, 1.165) is 23.2 Å². The molecule has 2 aromatic heterocycles. The molecule has 1 atom stereocenters. The Balaban J connectivity index is 1.68. The summed E-state index contributed by atoms with van der Waals surface area (Å²) < 4.78 is 5.44. The molecule has 5 heteroatoms. The molecule has 1 N–H and O–H groups in total. The fraction of sp³-hybridized carbons (Fsp3) is 0.250. The third kappa shape index (κ3) is 2.85. The first kappa shape index (κ1) is 17.7. The molecule has 1 amide bonds. The Bertz CT molecular complexity index is 1200. The van der Waals surface area contributed by atoms with E-state index in [1.165, 1.54) is 22.9 Å². The zero-order valence-corrected chi connectivity index (χ0v) is 16.6. The number of aryl methyl sites for hydroxylation is 2. The van der Waals surface area contributed by atoms with Crippen molar-refractivity contribution in [2.24, 2.45) is 0 Å². The van der Waals surface area contributed by atoms with Crippen molar-refractivity contribution in [2.45, 2.75) is 32.7 Å². The van der Waals surface area contributed by atoms with Crippen LogP contribution in [0.1, 0.15) is 51.6 Å². The molecule has 0 spiro atoms.